The first-order chi connectivity index (χ1) is 6.26. The topological polar surface area (TPSA) is 52.9 Å². The van der Waals surface area contributed by atoms with Crippen molar-refractivity contribution in [2.24, 2.45) is 5.92 Å². The van der Waals surface area contributed by atoms with E-state index in [0.717, 1.165) is 19.3 Å². The van der Waals surface area contributed by atoms with E-state index < -0.39 is 5.92 Å². The minimum absolute atomic E-state index is 0.124. The summed E-state index contributed by atoms with van der Waals surface area (Å²) in [7, 11) is 0. The molecule has 0 aromatic heterocycles. The zero-order chi connectivity index (χ0) is 10.1. The molecule has 13 heavy (non-hydrogen) atoms. The third-order valence-electron chi connectivity index (χ3n) is 1.96. The van der Waals surface area contributed by atoms with Gasteiger partial charge in [-0.25, -0.2) is 0 Å². The van der Waals surface area contributed by atoms with Gasteiger partial charge in [-0.05, 0) is 12.8 Å². The molecule has 74 valence electrons. The van der Waals surface area contributed by atoms with E-state index in [4.69, 9.17) is 5.26 Å². The number of amides is 1. The molecule has 0 spiro atoms. The van der Waals surface area contributed by atoms with Gasteiger partial charge in [0.1, 0.15) is 5.92 Å². The lowest BCUT2D eigenvalue weighted by molar-refractivity contribution is -0.123. The van der Waals surface area contributed by atoms with Gasteiger partial charge in [0.25, 0.3) is 0 Å². The second-order valence-electron chi connectivity index (χ2n) is 3.09. The van der Waals surface area contributed by atoms with Crippen LogP contribution in [-0.2, 0) is 4.79 Å². The van der Waals surface area contributed by atoms with Crippen LogP contribution in [0, 0.1) is 17.2 Å². The number of carbonyl (C=O) groups excluding carboxylic acids is 1. The zero-order valence-corrected chi connectivity index (χ0v) is 8.47. The number of hydrogen-bond donors (Lipinski definition) is 1. The van der Waals surface area contributed by atoms with Crippen molar-refractivity contribution in [1.82, 2.24) is 5.32 Å². The minimum Gasteiger partial charge on any atom is -0.355 e. The molecule has 0 saturated heterocycles. The molecule has 0 saturated carbocycles. The lowest BCUT2D eigenvalue weighted by Gasteiger charge is -2.07. The maximum atomic E-state index is 11.2. The molecule has 0 rings (SSSR count). The number of nitrogens with one attached hydrogen (secondary N) is 1. The van der Waals surface area contributed by atoms with Crippen molar-refractivity contribution in [3.63, 3.8) is 0 Å². The predicted molar refractivity (Wildman–Crippen MR) is 51.9 cm³/mol. The number of hydrogen-bond acceptors (Lipinski definition) is 2. The highest BCUT2D eigenvalue weighted by Crippen LogP contribution is 2.00. The summed E-state index contributed by atoms with van der Waals surface area (Å²) in [5.74, 6) is -0.595. The van der Waals surface area contributed by atoms with Crippen LogP contribution < -0.4 is 5.32 Å². The van der Waals surface area contributed by atoms with Crippen molar-refractivity contribution < 1.29 is 4.79 Å². The average Bonchev–Trinajstić information content (AvgIpc) is 2.14. The Kier molecular flexibility index (Phi) is 6.99. The van der Waals surface area contributed by atoms with Gasteiger partial charge in [0.15, 0.2) is 0 Å². The standard InChI is InChI=1S/C10H18N2O/c1-3-5-6-7-12-10(13)9(4-2)8-11/h9H,3-7H2,1-2H3,(H,12,13). The van der Waals surface area contributed by atoms with Gasteiger partial charge in [-0.2, -0.15) is 5.26 Å². The Morgan fingerprint density at radius 2 is 2.15 bits per heavy atom. The first kappa shape index (κ1) is 12.0. The Morgan fingerprint density at radius 1 is 1.46 bits per heavy atom. The monoisotopic (exact) mass is 182 g/mol. The maximum Gasteiger partial charge on any atom is 0.237 e. The van der Waals surface area contributed by atoms with Crippen molar-refractivity contribution >= 4 is 5.91 Å². The van der Waals surface area contributed by atoms with E-state index in [1.54, 1.807) is 0 Å². The lowest BCUT2D eigenvalue weighted by Crippen LogP contribution is -2.30. The fourth-order valence-corrected chi connectivity index (χ4v) is 1.05. The van der Waals surface area contributed by atoms with Gasteiger partial charge in [-0.1, -0.05) is 26.7 Å². The summed E-state index contributed by atoms with van der Waals surface area (Å²) in [5, 5.41) is 11.3. The summed E-state index contributed by atoms with van der Waals surface area (Å²) in [6, 6.07) is 1.98. The van der Waals surface area contributed by atoms with Crippen LogP contribution in [0.5, 0.6) is 0 Å². The Bertz CT molecular complexity index is 184. The first-order valence-corrected chi connectivity index (χ1v) is 4.93. The smallest absolute Gasteiger partial charge is 0.237 e. The Balaban J connectivity index is 3.56. The highest BCUT2D eigenvalue weighted by atomic mass is 16.1. The molecule has 0 radical (unpaired) electrons. The summed E-state index contributed by atoms with van der Waals surface area (Å²) in [6.45, 7) is 4.66. The summed E-state index contributed by atoms with van der Waals surface area (Å²) in [5.41, 5.74) is 0. The van der Waals surface area contributed by atoms with E-state index in [9.17, 15) is 4.79 Å². The number of nitriles is 1. The molecule has 1 atom stereocenters. The summed E-state index contributed by atoms with van der Waals surface area (Å²) in [4.78, 5) is 11.2. The molecule has 0 aliphatic heterocycles. The molecule has 0 aromatic carbocycles. The molecular weight excluding hydrogens is 164 g/mol. The minimum atomic E-state index is -0.471. The highest BCUT2D eigenvalue weighted by Gasteiger charge is 2.13. The van der Waals surface area contributed by atoms with Crippen LogP contribution in [-0.4, -0.2) is 12.5 Å². The van der Waals surface area contributed by atoms with Crippen molar-refractivity contribution in [2.75, 3.05) is 6.54 Å². The van der Waals surface area contributed by atoms with Gasteiger partial charge in [0.2, 0.25) is 5.91 Å². The Labute approximate surface area is 80.1 Å². The molecule has 1 amide bonds. The largest absolute Gasteiger partial charge is 0.355 e. The Morgan fingerprint density at radius 3 is 2.62 bits per heavy atom. The van der Waals surface area contributed by atoms with Gasteiger partial charge in [-0.3, -0.25) is 4.79 Å². The lowest BCUT2D eigenvalue weighted by atomic mass is 10.1. The van der Waals surface area contributed by atoms with Crippen LogP contribution in [0.1, 0.15) is 39.5 Å². The molecule has 0 heterocycles. The second kappa shape index (κ2) is 7.60. The van der Waals surface area contributed by atoms with Crippen molar-refractivity contribution in [1.29, 1.82) is 5.26 Å². The van der Waals surface area contributed by atoms with Crippen LogP contribution in [0.4, 0.5) is 0 Å². The number of unbranched alkanes of at least 4 members (excludes halogenated alkanes) is 2. The first-order valence-electron chi connectivity index (χ1n) is 4.93. The number of rotatable bonds is 6. The third-order valence-corrected chi connectivity index (χ3v) is 1.96. The second-order valence-corrected chi connectivity index (χ2v) is 3.09. The molecular formula is C10H18N2O. The van der Waals surface area contributed by atoms with Gasteiger partial charge < -0.3 is 5.32 Å². The quantitative estimate of drug-likeness (QED) is 0.637. The predicted octanol–water partition coefficient (Wildman–Crippen LogP) is 1.84. The molecule has 0 aromatic rings. The van der Waals surface area contributed by atoms with Gasteiger partial charge in [-0.15, -0.1) is 0 Å². The number of nitrogens with zero attached hydrogens (tertiary/aromatic N) is 1. The van der Waals surface area contributed by atoms with E-state index in [2.05, 4.69) is 12.2 Å². The van der Waals surface area contributed by atoms with Crippen LogP contribution in [0.15, 0.2) is 0 Å². The van der Waals surface area contributed by atoms with E-state index in [1.807, 2.05) is 13.0 Å². The fraction of sp³-hybridized carbons (Fsp3) is 0.800. The van der Waals surface area contributed by atoms with Gasteiger partial charge in [0.05, 0.1) is 6.07 Å². The molecule has 0 aliphatic carbocycles. The maximum absolute atomic E-state index is 11.2. The number of carbonyl (C=O) groups is 1. The highest BCUT2D eigenvalue weighted by molar-refractivity contribution is 5.80. The average molecular weight is 182 g/mol. The van der Waals surface area contributed by atoms with Crippen LogP contribution in [0.2, 0.25) is 0 Å². The fourth-order valence-electron chi connectivity index (χ4n) is 1.05. The molecule has 1 N–H and O–H groups in total. The van der Waals surface area contributed by atoms with Crippen LogP contribution >= 0.6 is 0 Å². The van der Waals surface area contributed by atoms with Gasteiger partial charge >= 0.3 is 0 Å². The van der Waals surface area contributed by atoms with Gasteiger partial charge in [0, 0.05) is 6.54 Å². The molecule has 3 nitrogen and oxygen atoms in total. The molecule has 3 heteroatoms. The molecule has 0 bridgehead atoms. The van der Waals surface area contributed by atoms with Crippen molar-refractivity contribution in [3.8, 4) is 6.07 Å². The van der Waals surface area contributed by atoms with E-state index in [-0.39, 0.29) is 5.91 Å². The van der Waals surface area contributed by atoms with E-state index in [1.165, 1.54) is 0 Å². The van der Waals surface area contributed by atoms with Crippen LogP contribution in [0.3, 0.4) is 0 Å². The Hall–Kier alpha value is -1.04. The van der Waals surface area contributed by atoms with Crippen molar-refractivity contribution in [2.45, 2.75) is 39.5 Å². The third kappa shape index (κ3) is 5.24. The summed E-state index contributed by atoms with van der Waals surface area (Å²) < 4.78 is 0. The van der Waals surface area contributed by atoms with E-state index >= 15 is 0 Å². The molecule has 0 fully saturated rings. The van der Waals surface area contributed by atoms with Crippen molar-refractivity contribution in [3.05, 3.63) is 0 Å². The molecule has 1 unspecified atom stereocenters. The summed E-state index contributed by atoms with van der Waals surface area (Å²) in [6.07, 6.45) is 3.87. The van der Waals surface area contributed by atoms with E-state index in [0.29, 0.717) is 13.0 Å². The SMILES string of the molecule is CCCCCNC(=O)C(C#N)CC. The molecule has 0 aliphatic rings. The normalized spacial score (nSPS) is 11.8. The zero-order valence-electron chi connectivity index (χ0n) is 8.47. The van der Waals surface area contributed by atoms with Crippen LogP contribution in [0.25, 0.3) is 0 Å². The summed E-state index contributed by atoms with van der Waals surface area (Å²) >= 11 is 0.